The molecule has 0 spiro atoms. The molecule has 0 bridgehead atoms. The molecule has 2 N–H and O–H groups in total. The maximum atomic E-state index is 5.63. The molecule has 1 aromatic heterocycles. The fourth-order valence-electron chi connectivity index (χ4n) is 1.57. The minimum Gasteiger partial charge on any atom is -0.373 e. The van der Waals surface area contributed by atoms with Crippen molar-refractivity contribution < 1.29 is 4.74 Å². The molecule has 1 aliphatic heterocycles. The van der Waals surface area contributed by atoms with Gasteiger partial charge in [-0.05, 0) is 13.0 Å². The Morgan fingerprint density at radius 1 is 1.73 bits per heavy atom. The zero-order valence-corrected chi connectivity index (χ0v) is 8.73. The van der Waals surface area contributed by atoms with Crippen LogP contribution in [0, 0.1) is 6.33 Å². The van der Waals surface area contributed by atoms with Crippen LogP contribution in [0.25, 0.3) is 0 Å². The number of aromatic nitrogens is 2. The van der Waals surface area contributed by atoms with E-state index in [0.29, 0.717) is 0 Å². The number of morpholine rings is 1. The Kier molecular flexibility index (Phi) is 3.47. The lowest BCUT2D eigenvalue weighted by atomic mass is 10.1. The van der Waals surface area contributed by atoms with Crippen LogP contribution in [0.5, 0.6) is 0 Å². The number of rotatable bonds is 3. The lowest BCUT2D eigenvalue weighted by Crippen LogP contribution is -2.46. The molecule has 0 aliphatic carbocycles. The van der Waals surface area contributed by atoms with Gasteiger partial charge in [-0.15, -0.1) is 0 Å². The van der Waals surface area contributed by atoms with Gasteiger partial charge in [0.25, 0.3) is 0 Å². The second-order valence-corrected chi connectivity index (χ2v) is 3.59. The van der Waals surface area contributed by atoms with Crippen molar-refractivity contribution in [3.63, 3.8) is 0 Å². The van der Waals surface area contributed by atoms with E-state index in [4.69, 9.17) is 4.74 Å². The lowest BCUT2D eigenvalue weighted by Gasteiger charge is -2.29. The zero-order chi connectivity index (χ0) is 10.5. The van der Waals surface area contributed by atoms with E-state index < -0.39 is 0 Å². The fraction of sp³-hybridized carbons (Fsp3) is 0.600. The van der Waals surface area contributed by atoms with Crippen LogP contribution >= 0.6 is 0 Å². The standard InChI is InChI=1S/C10H15N4O/c1-8(9-6-11-4-5-15-9)14-10-2-3-12-7-13-10/h2-3,8-9,11H,4-6H2,1H3,(H,12,13,14). The molecule has 5 nitrogen and oxygen atoms in total. The molecule has 2 heterocycles. The molecule has 1 saturated heterocycles. The van der Waals surface area contributed by atoms with Crippen LogP contribution in [-0.4, -0.2) is 41.8 Å². The monoisotopic (exact) mass is 207 g/mol. The highest BCUT2D eigenvalue weighted by molar-refractivity contribution is 5.33. The van der Waals surface area contributed by atoms with E-state index in [-0.39, 0.29) is 12.1 Å². The van der Waals surface area contributed by atoms with E-state index in [2.05, 4.69) is 33.9 Å². The number of hydrogen-bond acceptors (Lipinski definition) is 5. The molecular weight excluding hydrogens is 192 g/mol. The average Bonchev–Trinajstić information content (AvgIpc) is 2.31. The van der Waals surface area contributed by atoms with E-state index in [9.17, 15) is 0 Å². The van der Waals surface area contributed by atoms with E-state index in [1.54, 1.807) is 6.20 Å². The van der Waals surface area contributed by atoms with Crippen LogP contribution in [0.15, 0.2) is 12.3 Å². The highest BCUT2D eigenvalue weighted by Crippen LogP contribution is 2.08. The van der Waals surface area contributed by atoms with Crippen molar-refractivity contribution in [3.05, 3.63) is 18.6 Å². The van der Waals surface area contributed by atoms with Crippen molar-refractivity contribution in [2.45, 2.75) is 19.1 Å². The Labute approximate surface area is 89.3 Å². The number of nitrogens with one attached hydrogen (secondary N) is 2. The van der Waals surface area contributed by atoms with Crippen molar-refractivity contribution in [1.29, 1.82) is 0 Å². The van der Waals surface area contributed by atoms with Crippen LogP contribution in [0.3, 0.4) is 0 Å². The van der Waals surface area contributed by atoms with Crippen molar-refractivity contribution >= 4 is 5.82 Å². The SMILES string of the molecule is CC(Nc1ccn[c]n1)C1CNCCO1. The third kappa shape index (κ3) is 2.87. The molecule has 0 saturated carbocycles. The molecular formula is C10H15N4O. The van der Waals surface area contributed by atoms with Crippen molar-refractivity contribution in [2.24, 2.45) is 0 Å². The van der Waals surface area contributed by atoms with Crippen molar-refractivity contribution in [1.82, 2.24) is 15.3 Å². The predicted molar refractivity (Wildman–Crippen MR) is 56.6 cm³/mol. The quantitative estimate of drug-likeness (QED) is 0.734. The number of nitrogens with zero attached hydrogens (tertiary/aromatic N) is 2. The van der Waals surface area contributed by atoms with Gasteiger partial charge in [-0.2, -0.15) is 0 Å². The van der Waals surface area contributed by atoms with E-state index in [1.165, 1.54) is 0 Å². The molecule has 2 unspecified atom stereocenters. The first-order valence-corrected chi connectivity index (χ1v) is 5.14. The number of hydrogen-bond donors (Lipinski definition) is 2. The summed E-state index contributed by atoms with van der Waals surface area (Å²) < 4.78 is 5.63. The van der Waals surface area contributed by atoms with Crippen LogP contribution < -0.4 is 10.6 Å². The fourth-order valence-corrected chi connectivity index (χ4v) is 1.57. The zero-order valence-electron chi connectivity index (χ0n) is 8.73. The highest BCUT2D eigenvalue weighted by atomic mass is 16.5. The second-order valence-electron chi connectivity index (χ2n) is 3.59. The van der Waals surface area contributed by atoms with E-state index >= 15 is 0 Å². The van der Waals surface area contributed by atoms with E-state index in [0.717, 1.165) is 25.5 Å². The van der Waals surface area contributed by atoms with Crippen LogP contribution in [0.1, 0.15) is 6.92 Å². The van der Waals surface area contributed by atoms with Crippen LogP contribution in [0.4, 0.5) is 5.82 Å². The Bertz CT molecular complexity index is 287. The highest BCUT2D eigenvalue weighted by Gasteiger charge is 2.20. The second kappa shape index (κ2) is 5.04. The summed E-state index contributed by atoms with van der Waals surface area (Å²) in [5.74, 6) is 0.784. The Balaban J connectivity index is 1.88. The van der Waals surface area contributed by atoms with Gasteiger partial charge in [0.1, 0.15) is 5.82 Å². The molecule has 2 rings (SSSR count). The van der Waals surface area contributed by atoms with Gasteiger partial charge in [0.05, 0.1) is 18.8 Å². The summed E-state index contributed by atoms with van der Waals surface area (Å²) in [7, 11) is 0. The summed E-state index contributed by atoms with van der Waals surface area (Å²) in [5, 5.41) is 6.56. The van der Waals surface area contributed by atoms with Gasteiger partial charge >= 0.3 is 0 Å². The van der Waals surface area contributed by atoms with Gasteiger partial charge in [0.15, 0.2) is 6.33 Å². The summed E-state index contributed by atoms with van der Waals surface area (Å²) in [6.07, 6.45) is 4.41. The summed E-state index contributed by atoms with van der Waals surface area (Å²) in [6, 6.07) is 2.05. The average molecular weight is 207 g/mol. The minimum absolute atomic E-state index is 0.189. The van der Waals surface area contributed by atoms with Gasteiger partial charge in [-0.1, -0.05) is 0 Å². The topological polar surface area (TPSA) is 59.1 Å². The molecule has 1 fully saturated rings. The molecule has 0 aromatic carbocycles. The minimum atomic E-state index is 0.189. The molecule has 1 aliphatic rings. The van der Waals surface area contributed by atoms with Crippen molar-refractivity contribution in [3.8, 4) is 0 Å². The Hall–Kier alpha value is -1.20. The van der Waals surface area contributed by atoms with Gasteiger partial charge in [0, 0.05) is 19.3 Å². The third-order valence-corrected chi connectivity index (χ3v) is 2.42. The van der Waals surface area contributed by atoms with Crippen molar-refractivity contribution in [2.75, 3.05) is 25.0 Å². The van der Waals surface area contributed by atoms with Crippen LogP contribution in [-0.2, 0) is 4.74 Å². The first kappa shape index (κ1) is 10.3. The van der Waals surface area contributed by atoms with Crippen LogP contribution in [0.2, 0.25) is 0 Å². The lowest BCUT2D eigenvalue weighted by molar-refractivity contribution is 0.0201. The maximum absolute atomic E-state index is 5.63. The Morgan fingerprint density at radius 2 is 2.67 bits per heavy atom. The molecule has 81 valence electrons. The molecule has 1 radical (unpaired) electrons. The first-order chi connectivity index (χ1) is 7.36. The van der Waals surface area contributed by atoms with Gasteiger partial charge < -0.3 is 15.4 Å². The normalized spacial score (nSPS) is 23.4. The maximum Gasteiger partial charge on any atom is 0.199 e. The molecule has 0 amide bonds. The summed E-state index contributed by atoms with van der Waals surface area (Å²) in [5.41, 5.74) is 0. The molecule has 2 atom stereocenters. The van der Waals surface area contributed by atoms with E-state index in [1.807, 2.05) is 6.07 Å². The Morgan fingerprint density at radius 3 is 3.33 bits per heavy atom. The third-order valence-electron chi connectivity index (χ3n) is 2.42. The summed E-state index contributed by atoms with van der Waals surface area (Å²) >= 11 is 0. The predicted octanol–water partition coefficient (Wildman–Crippen LogP) is 0.0656. The number of ether oxygens (including phenoxy) is 1. The van der Waals surface area contributed by atoms with Gasteiger partial charge in [-0.3, -0.25) is 0 Å². The largest absolute Gasteiger partial charge is 0.373 e. The summed E-state index contributed by atoms with van der Waals surface area (Å²) in [4.78, 5) is 7.74. The van der Waals surface area contributed by atoms with Gasteiger partial charge in [0.2, 0.25) is 0 Å². The number of anilines is 1. The molecule has 5 heteroatoms. The van der Waals surface area contributed by atoms with Gasteiger partial charge in [-0.25, -0.2) is 9.97 Å². The first-order valence-electron chi connectivity index (χ1n) is 5.14. The molecule has 1 aromatic rings. The molecule has 15 heavy (non-hydrogen) atoms. The summed E-state index contributed by atoms with van der Waals surface area (Å²) in [6.45, 7) is 4.67. The smallest absolute Gasteiger partial charge is 0.199 e.